The second kappa shape index (κ2) is 8.58. The number of benzene rings is 2. The summed E-state index contributed by atoms with van der Waals surface area (Å²) < 4.78 is 22.8. The van der Waals surface area contributed by atoms with Crippen molar-refractivity contribution in [2.75, 3.05) is 23.7 Å². The molecule has 0 bridgehead atoms. The van der Waals surface area contributed by atoms with Gasteiger partial charge in [-0.1, -0.05) is 18.2 Å². The number of nitrogens with two attached hydrogens (primary N) is 1. The third-order valence-corrected chi connectivity index (χ3v) is 6.93. The Hall–Kier alpha value is -3.27. The van der Waals surface area contributed by atoms with Crippen LogP contribution in [0.3, 0.4) is 0 Å². The van der Waals surface area contributed by atoms with Gasteiger partial charge in [0.05, 0.1) is 16.8 Å². The lowest BCUT2D eigenvalue weighted by atomic mass is 10.0. The lowest BCUT2D eigenvalue weighted by Crippen LogP contribution is -2.55. The Labute approximate surface area is 194 Å². The molecule has 0 spiro atoms. The molecule has 0 amide bonds. The molecule has 2 aromatic carbocycles. The molecule has 5 rings (SSSR count). The minimum Gasteiger partial charge on any atom is -0.398 e. The van der Waals surface area contributed by atoms with Crippen molar-refractivity contribution in [3.63, 3.8) is 0 Å². The maximum absolute atomic E-state index is 11.6. The first-order chi connectivity index (χ1) is 15.9. The maximum Gasteiger partial charge on any atom is 0.188 e. The van der Waals surface area contributed by atoms with Crippen LogP contribution in [0.2, 0.25) is 0 Å². The number of anilines is 2. The van der Waals surface area contributed by atoms with E-state index in [1.54, 1.807) is 28.9 Å². The van der Waals surface area contributed by atoms with Crippen LogP contribution in [0.4, 0.5) is 11.4 Å². The van der Waals surface area contributed by atoms with Crippen LogP contribution in [0.15, 0.2) is 66.0 Å². The van der Waals surface area contributed by atoms with Crippen LogP contribution < -0.4 is 16.0 Å². The summed E-state index contributed by atoms with van der Waals surface area (Å²) in [6.45, 7) is 6.45. The first-order valence-electron chi connectivity index (χ1n) is 10.9. The van der Waals surface area contributed by atoms with Crippen LogP contribution in [-0.2, 0) is 11.1 Å². The fourth-order valence-corrected chi connectivity index (χ4v) is 5.05. The molecule has 4 N–H and O–H groups in total. The Balaban J connectivity index is 1.45. The lowest BCUT2D eigenvalue weighted by Gasteiger charge is -2.41. The predicted molar refractivity (Wildman–Crippen MR) is 132 cm³/mol. The van der Waals surface area contributed by atoms with Crippen molar-refractivity contribution in [2.24, 2.45) is 0 Å². The quantitative estimate of drug-likeness (QED) is 0.315. The predicted octanol–water partition coefficient (Wildman–Crippen LogP) is 3.41. The van der Waals surface area contributed by atoms with Gasteiger partial charge in [-0.05, 0) is 49.2 Å². The van der Waals surface area contributed by atoms with Crippen LogP contribution >= 0.6 is 0 Å². The number of fused-ring (bicyclic) bond motifs is 1. The summed E-state index contributed by atoms with van der Waals surface area (Å²) in [5.41, 5.74) is 11.5. The SMILES string of the molecule is C[C@@H]1CNC[C@H](C)N1c1ccc(-c2cnc3c(-c4ccc(N)c(S(=O)O)c4)cnn3c2)cc1. The van der Waals surface area contributed by atoms with Gasteiger partial charge in [0.1, 0.15) is 0 Å². The van der Waals surface area contributed by atoms with E-state index in [0.29, 0.717) is 17.7 Å². The van der Waals surface area contributed by atoms with Gasteiger partial charge in [-0.3, -0.25) is 0 Å². The van der Waals surface area contributed by atoms with E-state index in [-0.39, 0.29) is 10.6 Å². The van der Waals surface area contributed by atoms with Crippen molar-refractivity contribution in [2.45, 2.75) is 30.8 Å². The molecular formula is C24H26N6O2S. The van der Waals surface area contributed by atoms with Crippen LogP contribution in [-0.4, -0.2) is 48.5 Å². The second-order valence-corrected chi connectivity index (χ2v) is 9.42. The van der Waals surface area contributed by atoms with E-state index < -0.39 is 11.1 Å². The molecule has 1 saturated heterocycles. The van der Waals surface area contributed by atoms with Crippen molar-refractivity contribution in [3.05, 3.63) is 61.1 Å². The molecular weight excluding hydrogens is 436 g/mol. The first-order valence-corrected chi connectivity index (χ1v) is 12.0. The average molecular weight is 463 g/mol. The van der Waals surface area contributed by atoms with Crippen LogP contribution in [0.5, 0.6) is 0 Å². The summed E-state index contributed by atoms with van der Waals surface area (Å²) in [6.07, 6.45) is 5.48. The largest absolute Gasteiger partial charge is 0.398 e. The van der Waals surface area contributed by atoms with Gasteiger partial charge in [0.2, 0.25) is 0 Å². The molecule has 1 aliphatic heterocycles. The van der Waals surface area contributed by atoms with Crippen molar-refractivity contribution < 1.29 is 8.76 Å². The smallest absolute Gasteiger partial charge is 0.188 e. The summed E-state index contributed by atoms with van der Waals surface area (Å²) in [5.74, 6) is 0. The molecule has 1 unspecified atom stereocenters. The van der Waals surface area contributed by atoms with Crippen molar-refractivity contribution in [1.29, 1.82) is 0 Å². The Morgan fingerprint density at radius 1 is 1.03 bits per heavy atom. The van der Waals surface area contributed by atoms with Gasteiger partial charge in [0.15, 0.2) is 16.7 Å². The van der Waals surface area contributed by atoms with E-state index in [1.807, 2.05) is 12.4 Å². The molecule has 170 valence electrons. The molecule has 1 aliphatic rings. The molecule has 3 atom stereocenters. The number of hydrogen-bond acceptors (Lipinski definition) is 6. The topological polar surface area (TPSA) is 109 Å². The second-order valence-electron chi connectivity index (χ2n) is 8.48. The van der Waals surface area contributed by atoms with E-state index in [2.05, 4.69) is 58.4 Å². The lowest BCUT2D eigenvalue weighted by molar-refractivity contribution is 0.432. The van der Waals surface area contributed by atoms with Gasteiger partial charge in [0, 0.05) is 54.4 Å². The average Bonchev–Trinajstić information content (AvgIpc) is 3.23. The highest BCUT2D eigenvalue weighted by Gasteiger charge is 2.24. The number of hydrogen-bond donors (Lipinski definition) is 3. The third kappa shape index (κ3) is 3.99. The van der Waals surface area contributed by atoms with E-state index in [1.165, 1.54) is 5.69 Å². The third-order valence-electron chi connectivity index (χ3n) is 6.20. The Kier molecular flexibility index (Phi) is 5.61. The van der Waals surface area contributed by atoms with Crippen molar-refractivity contribution in [1.82, 2.24) is 19.9 Å². The molecule has 3 heterocycles. The van der Waals surface area contributed by atoms with Gasteiger partial charge in [0.25, 0.3) is 0 Å². The van der Waals surface area contributed by atoms with Gasteiger partial charge >= 0.3 is 0 Å². The van der Waals surface area contributed by atoms with E-state index in [4.69, 9.17) is 5.73 Å². The standard InChI is InChI=1S/C24H26N6O2S/c1-15-10-26-11-16(2)30(15)20-6-3-17(4-7-20)19-12-27-24-21(13-28-29(24)14-19)18-5-8-22(25)23(9-18)33(31)32/h3-9,12-16,26H,10-11,25H2,1-2H3,(H,31,32)/t15-,16+. The van der Waals surface area contributed by atoms with Crippen molar-refractivity contribution in [3.8, 4) is 22.3 Å². The zero-order valence-corrected chi connectivity index (χ0v) is 19.3. The van der Waals surface area contributed by atoms with Crippen LogP contribution in [0.1, 0.15) is 13.8 Å². The molecule has 0 radical (unpaired) electrons. The Morgan fingerprint density at radius 2 is 1.73 bits per heavy atom. The van der Waals surface area contributed by atoms with Gasteiger partial charge < -0.3 is 20.5 Å². The fraction of sp³-hybridized carbons (Fsp3) is 0.250. The zero-order valence-electron chi connectivity index (χ0n) is 18.5. The molecule has 1 fully saturated rings. The number of aromatic nitrogens is 3. The zero-order chi connectivity index (χ0) is 23.1. The molecule has 33 heavy (non-hydrogen) atoms. The Bertz CT molecular complexity index is 1330. The summed E-state index contributed by atoms with van der Waals surface area (Å²) in [5, 5.41) is 7.93. The highest BCUT2D eigenvalue weighted by molar-refractivity contribution is 7.79. The summed E-state index contributed by atoms with van der Waals surface area (Å²) in [6, 6.07) is 14.5. The number of nitrogens with one attached hydrogen (secondary N) is 1. The maximum atomic E-state index is 11.6. The van der Waals surface area contributed by atoms with E-state index >= 15 is 0 Å². The normalized spacial score (nSPS) is 19.7. The number of rotatable bonds is 4. The molecule has 8 nitrogen and oxygen atoms in total. The number of piperazine rings is 1. The van der Waals surface area contributed by atoms with Gasteiger partial charge in [-0.15, -0.1) is 0 Å². The van der Waals surface area contributed by atoms with Crippen molar-refractivity contribution >= 4 is 28.1 Å². The molecule has 2 aromatic heterocycles. The minimum absolute atomic E-state index is 0.177. The van der Waals surface area contributed by atoms with E-state index in [9.17, 15) is 8.76 Å². The summed E-state index contributed by atoms with van der Waals surface area (Å²) in [7, 11) is 0. The monoisotopic (exact) mass is 462 g/mol. The molecule has 0 saturated carbocycles. The molecule has 9 heteroatoms. The highest BCUT2D eigenvalue weighted by atomic mass is 32.2. The molecule has 0 aliphatic carbocycles. The highest BCUT2D eigenvalue weighted by Crippen LogP contribution is 2.30. The number of nitrogen functional groups attached to an aromatic ring is 1. The summed E-state index contributed by atoms with van der Waals surface area (Å²) >= 11 is -2.16. The van der Waals surface area contributed by atoms with E-state index in [0.717, 1.165) is 35.3 Å². The van der Waals surface area contributed by atoms with Crippen LogP contribution in [0.25, 0.3) is 27.9 Å². The summed E-state index contributed by atoms with van der Waals surface area (Å²) in [4.78, 5) is 7.28. The fourth-order valence-electron chi connectivity index (χ4n) is 4.55. The molecule has 4 aromatic rings. The number of nitrogens with zero attached hydrogens (tertiary/aromatic N) is 4. The van der Waals surface area contributed by atoms with Gasteiger partial charge in [-0.2, -0.15) is 5.10 Å². The van der Waals surface area contributed by atoms with Crippen LogP contribution in [0, 0.1) is 0 Å². The first kappa shape index (κ1) is 21.6. The minimum atomic E-state index is -2.16. The Morgan fingerprint density at radius 3 is 2.42 bits per heavy atom. The van der Waals surface area contributed by atoms with Gasteiger partial charge in [-0.25, -0.2) is 13.7 Å².